The summed E-state index contributed by atoms with van der Waals surface area (Å²) in [5.41, 5.74) is 3.05. The summed E-state index contributed by atoms with van der Waals surface area (Å²) >= 11 is 0. The van der Waals surface area contributed by atoms with Crippen molar-refractivity contribution < 1.29 is 17.7 Å². The average molecular weight is 318 g/mol. The minimum atomic E-state index is -3.87. The van der Waals surface area contributed by atoms with Gasteiger partial charge in [0.25, 0.3) is 10.1 Å². The number of hydrogen-bond acceptors (Lipinski definition) is 4. The lowest BCUT2D eigenvalue weighted by molar-refractivity contribution is 0.0342. The molecule has 4 nitrogen and oxygen atoms in total. The summed E-state index contributed by atoms with van der Waals surface area (Å²) in [7, 11) is -3.87. The molecule has 1 N–H and O–H groups in total. The van der Waals surface area contributed by atoms with Crippen LogP contribution in [0.25, 0.3) is 0 Å². The summed E-state index contributed by atoms with van der Waals surface area (Å²) in [6.45, 7) is 1.89. The van der Waals surface area contributed by atoms with Crippen molar-refractivity contribution in [3.05, 3.63) is 65.2 Å². The van der Waals surface area contributed by atoms with Crippen molar-refractivity contribution in [3.63, 3.8) is 0 Å². The van der Waals surface area contributed by atoms with Gasteiger partial charge in [0.05, 0.1) is 11.0 Å². The Balaban J connectivity index is 1.82. The number of fused-ring (bicyclic) bond motifs is 1. The molecule has 116 valence electrons. The molecule has 0 spiro atoms. The number of rotatable bonds is 3. The van der Waals surface area contributed by atoms with Gasteiger partial charge in [-0.05, 0) is 30.2 Å². The van der Waals surface area contributed by atoms with Gasteiger partial charge in [0.2, 0.25) is 0 Å². The zero-order valence-corrected chi connectivity index (χ0v) is 13.1. The Kier molecular flexibility index (Phi) is 4.04. The van der Waals surface area contributed by atoms with Crippen LogP contribution in [0.3, 0.4) is 0 Å². The maximum absolute atomic E-state index is 12.3. The summed E-state index contributed by atoms with van der Waals surface area (Å²) in [4.78, 5) is 0.115. The van der Waals surface area contributed by atoms with Crippen LogP contribution in [0.4, 0.5) is 0 Å². The van der Waals surface area contributed by atoms with Crippen molar-refractivity contribution in [1.82, 2.24) is 0 Å². The fraction of sp³-hybridized carbons (Fsp3) is 0.294. The van der Waals surface area contributed by atoms with Crippen molar-refractivity contribution in [2.24, 2.45) is 0 Å². The van der Waals surface area contributed by atoms with Gasteiger partial charge >= 0.3 is 0 Å². The van der Waals surface area contributed by atoms with Crippen LogP contribution in [0.5, 0.6) is 0 Å². The molecular weight excluding hydrogens is 300 g/mol. The third-order valence-corrected chi connectivity index (χ3v) is 5.31. The molecule has 0 aliphatic heterocycles. The van der Waals surface area contributed by atoms with E-state index in [1.165, 1.54) is 12.1 Å². The van der Waals surface area contributed by atoms with Crippen LogP contribution >= 0.6 is 0 Å². The summed E-state index contributed by atoms with van der Waals surface area (Å²) in [5, 5.41) is 10.2. The Morgan fingerprint density at radius 1 is 1.00 bits per heavy atom. The Morgan fingerprint density at radius 2 is 1.59 bits per heavy atom. The maximum atomic E-state index is 12.3. The van der Waals surface area contributed by atoms with Crippen LogP contribution < -0.4 is 0 Å². The standard InChI is InChI=1S/C17H18O4S/c1-12-6-8-15(9-7-12)22(19,20)21-17-11-14-5-3-2-4-13(14)10-16(17)18/h2-9,16-18H,10-11H2,1H3/t16-,17+/m1/s1. The molecule has 0 radical (unpaired) electrons. The third kappa shape index (κ3) is 3.06. The topological polar surface area (TPSA) is 63.6 Å². The molecule has 0 saturated carbocycles. The molecule has 0 bridgehead atoms. The van der Waals surface area contributed by atoms with Gasteiger partial charge in [0, 0.05) is 12.8 Å². The predicted molar refractivity (Wildman–Crippen MR) is 83.1 cm³/mol. The van der Waals surface area contributed by atoms with E-state index < -0.39 is 22.3 Å². The highest BCUT2D eigenvalue weighted by Crippen LogP contribution is 2.26. The van der Waals surface area contributed by atoms with Crippen molar-refractivity contribution >= 4 is 10.1 Å². The van der Waals surface area contributed by atoms with E-state index in [0.717, 1.165) is 16.7 Å². The number of aliphatic hydroxyl groups excluding tert-OH is 1. The fourth-order valence-electron chi connectivity index (χ4n) is 2.69. The number of benzene rings is 2. The quantitative estimate of drug-likeness (QED) is 0.882. The van der Waals surface area contributed by atoms with E-state index in [2.05, 4.69) is 0 Å². The van der Waals surface area contributed by atoms with E-state index >= 15 is 0 Å². The van der Waals surface area contributed by atoms with E-state index in [-0.39, 0.29) is 4.90 Å². The van der Waals surface area contributed by atoms with E-state index in [0.29, 0.717) is 12.8 Å². The second-order valence-electron chi connectivity index (χ2n) is 5.65. The first-order chi connectivity index (χ1) is 10.5. The molecule has 0 unspecified atom stereocenters. The van der Waals surface area contributed by atoms with Gasteiger partial charge in [-0.25, -0.2) is 0 Å². The number of hydrogen-bond donors (Lipinski definition) is 1. The molecule has 2 aromatic rings. The molecule has 0 saturated heterocycles. The van der Waals surface area contributed by atoms with Crippen molar-refractivity contribution in [3.8, 4) is 0 Å². The Bertz CT molecular complexity index is 766. The van der Waals surface area contributed by atoms with Gasteiger partial charge in [-0.3, -0.25) is 4.18 Å². The number of aryl methyl sites for hydroxylation is 1. The molecule has 0 amide bonds. The van der Waals surface area contributed by atoms with Crippen LogP contribution in [0.2, 0.25) is 0 Å². The van der Waals surface area contributed by atoms with E-state index in [1.807, 2.05) is 31.2 Å². The Labute approximate surface area is 130 Å². The summed E-state index contributed by atoms with van der Waals surface area (Å²) < 4.78 is 30.0. The lowest BCUT2D eigenvalue weighted by Gasteiger charge is -2.29. The lowest BCUT2D eigenvalue weighted by Crippen LogP contribution is -2.38. The summed E-state index contributed by atoms with van der Waals surface area (Å²) in [5.74, 6) is 0. The molecule has 1 aliphatic carbocycles. The first-order valence-electron chi connectivity index (χ1n) is 7.20. The minimum Gasteiger partial charge on any atom is -0.390 e. The van der Waals surface area contributed by atoms with Crippen LogP contribution in [-0.2, 0) is 27.1 Å². The molecule has 1 aliphatic rings. The molecule has 2 aromatic carbocycles. The number of aliphatic hydroxyl groups is 1. The van der Waals surface area contributed by atoms with Gasteiger partial charge in [-0.2, -0.15) is 8.42 Å². The first-order valence-corrected chi connectivity index (χ1v) is 8.61. The highest BCUT2D eigenvalue weighted by molar-refractivity contribution is 7.86. The highest BCUT2D eigenvalue weighted by Gasteiger charge is 2.32. The SMILES string of the molecule is Cc1ccc(S(=O)(=O)O[C@H]2Cc3ccccc3C[C@H]2O)cc1. The normalized spacial score (nSPS) is 21.4. The molecule has 22 heavy (non-hydrogen) atoms. The third-order valence-electron chi connectivity index (χ3n) is 3.96. The maximum Gasteiger partial charge on any atom is 0.297 e. The first kappa shape index (κ1) is 15.2. The molecular formula is C17H18O4S. The van der Waals surface area contributed by atoms with Gasteiger partial charge in [0.15, 0.2) is 0 Å². The molecule has 2 atom stereocenters. The highest BCUT2D eigenvalue weighted by atomic mass is 32.2. The van der Waals surface area contributed by atoms with Crippen LogP contribution in [0.15, 0.2) is 53.4 Å². The largest absolute Gasteiger partial charge is 0.390 e. The van der Waals surface area contributed by atoms with Crippen molar-refractivity contribution in [2.45, 2.75) is 36.9 Å². The van der Waals surface area contributed by atoms with Crippen LogP contribution in [0, 0.1) is 6.92 Å². The van der Waals surface area contributed by atoms with Gasteiger partial charge in [-0.15, -0.1) is 0 Å². The predicted octanol–water partition coefficient (Wildman–Crippen LogP) is 2.23. The molecule has 3 rings (SSSR count). The van der Waals surface area contributed by atoms with Crippen molar-refractivity contribution in [2.75, 3.05) is 0 Å². The molecule has 0 heterocycles. The molecule has 0 fully saturated rings. The van der Waals surface area contributed by atoms with E-state index in [9.17, 15) is 13.5 Å². The Morgan fingerprint density at radius 3 is 2.23 bits per heavy atom. The van der Waals surface area contributed by atoms with Crippen LogP contribution in [0.1, 0.15) is 16.7 Å². The monoisotopic (exact) mass is 318 g/mol. The summed E-state index contributed by atoms with van der Waals surface area (Å²) in [6, 6.07) is 14.2. The fourth-order valence-corrected chi connectivity index (χ4v) is 3.79. The lowest BCUT2D eigenvalue weighted by atomic mass is 9.88. The van der Waals surface area contributed by atoms with E-state index in [1.54, 1.807) is 12.1 Å². The van der Waals surface area contributed by atoms with Gasteiger partial charge < -0.3 is 5.11 Å². The van der Waals surface area contributed by atoms with Crippen molar-refractivity contribution in [1.29, 1.82) is 0 Å². The van der Waals surface area contributed by atoms with Gasteiger partial charge in [0.1, 0.15) is 6.10 Å². The average Bonchev–Trinajstić information content (AvgIpc) is 2.48. The smallest absolute Gasteiger partial charge is 0.297 e. The summed E-state index contributed by atoms with van der Waals surface area (Å²) in [6.07, 6.45) is -0.775. The molecule has 0 aromatic heterocycles. The van der Waals surface area contributed by atoms with E-state index in [4.69, 9.17) is 4.18 Å². The second kappa shape index (κ2) is 5.83. The zero-order chi connectivity index (χ0) is 15.7. The minimum absolute atomic E-state index is 0.115. The second-order valence-corrected chi connectivity index (χ2v) is 7.22. The van der Waals surface area contributed by atoms with Crippen LogP contribution in [-0.4, -0.2) is 25.7 Å². The Hall–Kier alpha value is -1.69. The van der Waals surface area contributed by atoms with Gasteiger partial charge in [-0.1, -0.05) is 42.0 Å². The zero-order valence-electron chi connectivity index (χ0n) is 12.3. The molecule has 5 heteroatoms.